The Morgan fingerprint density at radius 3 is 2.76 bits per heavy atom. The van der Waals surface area contributed by atoms with Gasteiger partial charge >= 0.3 is 6.09 Å². The molecule has 0 saturated carbocycles. The van der Waals surface area contributed by atoms with Gasteiger partial charge in [0.15, 0.2) is 0 Å². The quantitative estimate of drug-likeness (QED) is 0.879. The van der Waals surface area contributed by atoms with E-state index in [1.165, 1.54) is 0 Å². The maximum atomic E-state index is 11.5. The minimum absolute atomic E-state index is 0.366. The molecule has 1 heterocycles. The summed E-state index contributed by atoms with van der Waals surface area (Å²) < 4.78 is 7.37. The summed E-state index contributed by atoms with van der Waals surface area (Å²) in [5.41, 5.74) is 1.68. The number of carbonyl (C=O) groups excluding carboxylic acids is 1. The summed E-state index contributed by atoms with van der Waals surface area (Å²) in [4.78, 5) is 16.1. The first kappa shape index (κ1) is 15.4. The molecule has 0 atom stereocenters. The van der Waals surface area contributed by atoms with Crippen molar-refractivity contribution in [3.63, 3.8) is 0 Å². The average molecular weight is 289 g/mol. The molecule has 0 saturated heterocycles. The van der Waals surface area contributed by atoms with Crippen molar-refractivity contribution in [3.05, 3.63) is 30.1 Å². The van der Waals surface area contributed by atoms with Gasteiger partial charge in [-0.15, -0.1) is 0 Å². The Bertz CT molecular complexity index is 626. The lowest BCUT2D eigenvalue weighted by Gasteiger charge is -2.19. The Balaban J connectivity index is 1.86. The second kappa shape index (κ2) is 6.16. The molecule has 5 nitrogen and oxygen atoms in total. The lowest BCUT2D eigenvalue weighted by Crippen LogP contribution is -2.33. The standard InChI is InChI=1S/C16H23N3O2/c1-12-18-13-8-5-6-9-14(13)19(12)11-7-10-17-15(20)21-16(2,3)4/h5-6,8-9H,7,10-11H2,1-4H3,(H,17,20). The third kappa shape index (κ3) is 4.21. The molecule has 5 heteroatoms. The van der Waals surface area contributed by atoms with Crippen molar-refractivity contribution in [3.8, 4) is 0 Å². The van der Waals surface area contributed by atoms with Crippen molar-refractivity contribution in [2.75, 3.05) is 6.54 Å². The van der Waals surface area contributed by atoms with Crippen LogP contribution < -0.4 is 5.32 Å². The van der Waals surface area contributed by atoms with Crippen LogP contribution in [0.1, 0.15) is 33.0 Å². The number of hydrogen-bond acceptors (Lipinski definition) is 3. The number of aryl methyl sites for hydroxylation is 2. The molecule has 2 aromatic rings. The van der Waals surface area contributed by atoms with Gasteiger partial charge in [-0.1, -0.05) is 12.1 Å². The molecule has 0 aliphatic carbocycles. The van der Waals surface area contributed by atoms with Gasteiger partial charge in [0.05, 0.1) is 11.0 Å². The molecule has 1 N–H and O–H groups in total. The van der Waals surface area contributed by atoms with E-state index < -0.39 is 5.60 Å². The van der Waals surface area contributed by atoms with Crippen LogP contribution in [0.2, 0.25) is 0 Å². The Morgan fingerprint density at radius 2 is 2.05 bits per heavy atom. The number of amides is 1. The van der Waals surface area contributed by atoms with Crippen LogP contribution in [0.3, 0.4) is 0 Å². The van der Waals surface area contributed by atoms with E-state index in [4.69, 9.17) is 4.74 Å². The number of rotatable bonds is 4. The second-order valence-electron chi connectivity index (χ2n) is 6.08. The van der Waals surface area contributed by atoms with Crippen molar-refractivity contribution in [1.82, 2.24) is 14.9 Å². The molecule has 0 aliphatic rings. The third-order valence-corrected chi connectivity index (χ3v) is 3.07. The number of carbonyl (C=O) groups is 1. The average Bonchev–Trinajstić information content (AvgIpc) is 2.68. The van der Waals surface area contributed by atoms with Gasteiger partial charge in [0.2, 0.25) is 0 Å². The van der Waals surface area contributed by atoms with Crippen molar-refractivity contribution < 1.29 is 9.53 Å². The fourth-order valence-electron chi connectivity index (χ4n) is 2.22. The number of benzene rings is 1. The first-order valence-electron chi connectivity index (χ1n) is 7.25. The predicted molar refractivity (Wildman–Crippen MR) is 83.3 cm³/mol. The summed E-state index contributed by atoms with van der Waals surface area (Å²) in [7, 11) is 0. The zero-order chi connectivity index (χ0) is 15.5. The van der Waals surface area contributed by atoms with Crippen LogP contribution in [-0.2, 0) is 11.3 Å². The molecule has 0 unspecified atom stereocenters. The van der Waals surface area contributed by atoms with E-state index >= 15 is 0 Å². The molecule has 0 fully saturated rings. The number of fused-ring (bicyclic) bond motifs is 1. The van der Waals surface area contributed by atoms with Gasteiger partial charge < -0.3 is 14.6 Å². The Labute approximate surface area is 125 Å². The topological polar surface area (TPSA) is 56.2 Å². The lowest BCUT2D eigenvalue weighted by atomic mass is 10.2. The number of alkyl carbamates (subject to hydrolysis) is 1. The number of ether oxygens (including phenoxy) is 1. The highest BCUT2D eigenvalue weighted by Crippen LogP contribution is 2.15. The van der Waals surface area contributed by atoms with Crippen LogP contribution in [0.5, 0.6) is 0 Å². The molecular weight excluding hydrogens is 266 g/mol. The fraction of sp³-hybridized carbons (Fsp3) is 0.500. The van der Waals surface area contributed by atoms with Gasteiger partial charge in [-0.3, -0.25) is 0 Å². The van der Waals surface area contributed by atoms with Crippen LogP contribution in [0, 0.1) is 6.92 Å². The lowest BCUT2D eigenvalue weighted by molar-refractivity contribution is 0.0527. The molecule has 1 amide bonds. The number of nitrogens with zero attached hydrogens (tertiary/aromatic N) is 2. The van der Waals surface area contributed by atoms with Crippen molar-refractivity contribution in [1.29, 1.82) is 0 Å². The minimum atomic E-state index is -0.457. The van der Waals surface area contributed by atoms with E-state index in [0.29, 0.717) is 6.54 Å². The number of nitrogens with one attached hydrogen (secondary N) is 1. The summed E-state index contributed by atoms with van der Waals surface area (Å²) in [6, 6.07) is 8.08. The molecule has 0 aliphatic heterocycles. The maximum absolute atomic E-state index is 11.5. The zero-order valence-electron chi connectivity index (χ0n) is 13.1. The molecule has 2 rings (SSSR count). The maximum Gasteiger partial charge on any atom is 0.407 e. The first-order valence-corrected chi connectivity index (χ1v) is 7.25. The van der Waals surface area contributed by atoms with E-state index in [0.717, 1.165) is 29.8 Å². The van der Waals surface area contributed by atoms with E-state index in [2.05, 4.69) is 20.9 Å². The third-order valence-electron chi connectivity index (χ3n) is 3.07. The van der Waals surface area contributed by atoms with Gasteiger partial charge in [0.1, 0.15) is 11.4 Å². The van der Waals surface area contributed by atoms with Gasteiger partial charge in [-0.05, 0) is 46.2 Å². The number of imidazole rings is 1. The SMILES string of the molecule is Cc1nc2ccccc2n1CCCNC(=O)OC(C)(C)C. The Hall–Kier alpha value is -2.04. The van der Waals surface area contributed by atoms with Crippen LogP contribution in [0.15, 0.2) is 24.3 Å². The summed E-state index contributed by atoms with van der Waals surface area (Å²) in [6.07, 6.45) is 0.468. The highest BCUT2D eigenvalue weighted by atomic mass is 16.6. The smallest absolute Gasteiger partial charge is 0.407 e. The molecule has 114 valence electrons. The zero-order valence-corrected chi connectivity index (χ0v) is 13.1. The second-order valence-corrected chi connectivity index (χ2v) is 6.08. The van der Waals surface area contributed by atoms with Crippen molar-refractivity contribution >= 4 is 17.1 Å². The fourth-order valence-corrected chi connectivity index (χ4v) is 2.22. The molecular formula is C16H23N3O2. The molecule has 1 aromatic carbocycles. The van der Waals surface area contributed by atoms with Gasteiger partial charge in [-0.25, -0.2) is 9.78 Å². The number of hydrogen-bond donors (Lipinski definition) is 1. The van der Waals surface area contributed by atoms with Gasteiger partial charge in [-0.2, -0.15) is 0 Å². The summed E-state index contributed by atoms with van der Waals surface area (Å²) >= 11 is 0. The van der Waals surface area contributed by atoms with Gasteiger partial charge in [0, 0.05) is 13.1 Å². The minimum Gasteiger partial charge on any atom is -0.444 e. The van der Waals surface area contributed by atoms with Crippen LogP contribution >= 0.6 is 0 Å². The Morgan fingerprint density at radius 1 is 1.33 bits per heavy atom. The summed E-state index contributed by atoms with van der Waals surface area (Å²) in [5, 5.41) is 2.77. The monoisotopic (exact) mass is 289 g/mol. The van der Waals surface area contributed by atoms with Crippen LogP contribution in [-0.4, -0.2) is 27.8 Å². The van der Waals surface area contributed by atoms with E-state index in [1.807, 2.05) is 45.9 Å². The highest BCUT2D eigenvalue weighted by molar-refractivity contribution is 5.75. The van der Waals surface area contributed by atoms with Crippen LogP contribution in [0.4, 0.5) is 4.79 Å². The largest absolute Gasteiger partial charge is 0.444 e. The molecule has 1 aromatic heterocycles. The molecule has 0 radical (unpaired) electrons. The molecule has 0 spiro atoms. The van der Waals surface area contributed by atoms with Crippen molar-refractivity contribution in [2.24, 2.45) is 0 Å². The number of para-hydroxylation sites is 2. The summed E-state index contributed by atoms with van der Waals surface area (Å²) in [6.45, 7) is 8.97. The Kier molecular flexibility index (Phi) is 4.50. The van der Waals surface area contributed by atoms with E-state index in [1.54, 1.807) is 0 Å². The van der Waals surface area contributed by atoms with Gasteiger partial charge in [0.25, 0.3) is 0 Å². The molecule has 0 bridgehead atoms. The highest BCUT2D eigenvalue weighted by Gasteiger charge is 2.15. The predicted octanol–water partition coefficient (Wildman–Crippen LogP) is 3.26. The van der Waals surface area contributed by atoms with Crippen LogP contribution in [0.25, 0.3) is 11.0 Å². The molecule has 21 heavy (non-hydrogen) atoms. The van der Waals surface area contributed by atoms with Crippen molar-refractivity contribution in [2.45, 2.75) is 46.3 Å². The first-order chi connectivity index (χ1) is 9.87. The summed E-state index contributed by atoms with van der Waals surface area (Å²) in [5.74, 6) is 0.994. The number of aromatic nitrogens is 2. The normalized spacial score (nSPS) is 11.6. The van der Waals surface area contributed by atoms with E-state index in [9.17, 15) is 4.79 Å². The van der Waals surface area contributed by atoms with E-state index in [-0.39, 0.29) is 6.09 Å².